The number of halogens is 2. The van der Waals surface area contributed by atoms with Crippen molar-refractivity contribution in [2.24, 2.45) is 0 Å². The third-order valence-electron chi connectivity index (χ3n) is 3.22. The molecule has 0 radical (unpaired) electrons. The van der Waals surface area contributed by atoms with Crippen molar-refractivity contribution in [3.8, 4) is 0 Å². The molecule has 118 valence electrons. The minimum absolute atomic E-state index is 0.0487. The second kappa shape index (κ2) is 5.82. The molecule has 0 aliphatic carbocycles. The topological polar surface area (TPSA) is 106 Å². The first kappa shape index (κ1) is 16.7. The van der Waals surface area contributed by atoms with E-state index < -0.39 is 31.7 Å². The zero-order valence-corrected chi connectivity index (χ0v) is 14.1. The smallest absolute Gasteiger partial charge is 0.242 e. The van der Waals surface area contributed by atoms with Crippen LogP contribution in [-0.4, -0.2) is 34.4 Å². The molecule has 1 fully saturated rings. The highest BCUT2D eigenvalue weighted by Crippen LogP contribution is 2.27. The first-order valence-electron chi connectivity index (χ1n) is 6.08. The van der Waals surface area contributed by atoms with Gasteiger partial charge in [0.25, 0.3) is 0 Å². The summed E-state index contributed by atoms with van der Waals surface area (Å²) in [6.45, 7) is 0. The number of nitrogen functional groups attached to an aromatic ring is 1. The Morgan fingerprint density at radius 2 is 1.86 bits per heavy atom. The van der Waals surface area contributed by atoms with Crippen LogP contribution in [0.5, 0.6) is 0 Å². The average molecular weight is 401 g/mol. The third kappa shape index (κ3) is 3.93. The Morgan fingerprint density at radius 3 is 2.43 bits per heavy atom. The molecule has 0 saturated carbocycles. The molecule has 1 saturated heterocycles. The van der Waals surface area contributed by atoms with Gasteiger partial charge in [0.15, 0.2) is 0 Å². The molecule has 0 atom stereocenters. The van der Waals surface area contributed by atoms with E-state index in [2.05, 4.69) is 20.7 Å². The highest BCUT2D eigenvalue weighted by molar-refractivity contribution is 9.10. The number of sulfonamides is 1. The maximum Gasteiger partial charge on any atom is 0.242 e. The van der Waals surface area contributed by atoms with E-state index in [1.807, 2.05) is 0 Å². The lowest BCUT2D eigenvalue weighted by Gasteiger charge is -2.23. The molecule has 1 aliphatic heterocycles. The maximum absolute atomic E-state index is 13.3. The third-order valence-corrected chi connectivity index (χ3v) is 7.41. The number of hydrogen-bond donors (Lipinski definition) is 2. The van der Waals surface area contributed by atoms with E-state index >= 15 is 0 Å². The van der Waals surface area contributed by atoms with Crippen LogP contribution in [0, 0.1) is 5.82 Å². The van der Waals surface area contributed by atoms with Crippen LogP contribution in [0.25, 0.3) is 0 Å². The largest absolute Gasteiger partial charge is 0.396 e. The predicted molar refractivity (Wildman–Crippen MR) is 80.5 cm³/mol. The minimum Gasteiger partial charge on any atom is -0.396 e. The lowest BCUT2D eigenvalue weighted by Crippen LogP contribution is -2.40. The number of benzene rings is 1. The number of hydrogen-bond acceptors (Lipinski definition) is 5. The molecular weight excluding hydrogens is 387 g/mol. The normalized spacial score (nSPS) is 19.5. The van der Waals surface area contributed by atoms with Gasteiger partial charge < -0.3 is 5.73 Å². The fraction of sp³-hybridized carbons (Fsp3) is 0.455. The van der Waals surface area contributed by atoms with Crippen LogP contribution >= 0.6 is 15.9 Å². The highest BCUT2D eigenvalue weighted by Gasteiger charge is 2.28. The molecule has 2 rings (SSSR count). The van der Waals surface area contributed by atoms with E-state index in [1.165, 1.54) is 0 Å². The Hall–Kier alpha value is -0.710. The van der Waals surface area contributed by atoms with Gasteiger partial charge in [-0.15, -0.1) is 0 Å². The van der Waals surface area contributed by atoms with Gasteiger partial charge in [-0.25, -0.2) is 25.9 Å². The molecule has 6 nitrogen and oxygen atoms in total. The fourth-order valence-electron chi connectivity index (χ4n) is 2.04. The van der Waals surface area contributed by atoms with Crippen LogP contribution in [0.15, 0.2) is 21.5 Å². The predicted octanol–water partition coefficient (Wildman–Crippen LogP) is 1.03. The van der Waals surface area contributed by atoms with Gasteiger partial charge in [-0.2, -0.15) is 0 Å². The summed E-state index contributed by atoms with van der Waals surface area (Å²) in [4.78, 5) is -0.171. The Balaban J connectivity index is 2.22. The van der Waals surface area contributed by atoms with Gasteiger partial charge >= 0.3 is 0 Å². The Kier molecular flexibility index (Phi) is 4.62. The molecule has 1 aliphatic rings. The van der Waals surface area contributed by atoms with Gasteiger partial charge in [0.1, 0.15) is 15.7 Å². The molecule has 1 aromatic rings. The van der Waals surface area contributed by atoms with E-state index in [9.17, 15) is 21.2 Å². The van der Waals surface area contributed by atoms with E-state index in [-0.39, 0.29) is 39.4 Å². The molecule has 1 heterocycles. The number of nitrogens with one attached hydrogen (secondary N) is 1. The van der Waals surface area contributed by atoms with Gasteiger partial charge in [-0.05, 0) is 40.9 Å². The summed E-state index contributed by atoms with van der Waals surface area (Å²) in [5.74, 6) is -0.815. The van der Waals surface area contributed by atoms with Crippen LogP contribution in [0.3, 0.4) is 0 Å². The molecule has 0 spiro atoms. The number of sulfone groups is 1. The monoisotopic (exact) mass is 400 g/mol. The number of anilines is 1. The van der Waals surface area contributed by atoms with Crippen molar-refractivity contribution in [2.45, 2.75) is 23.8 Å². The second-order valence-corrected chi connectivity index (χ2v) is 9.69. The van der Waals surface area contributed by atoms with Gasteiger partial charge in [0, 0.05) is 10.5 Å². The molecule has 0 unspecified atom stereocenters. The van der Waals surface area contributed by atoms with Crippen molar-refractivity contribution in [3.05, 3.63) is 22.4 Å². The lowest BCUT2D eigenvalue weighted by atomic mass is 10.2. The van der Waals surface area contributed by atoms with Crippen molar-refractivity contribution in [3.63, 3.8) is 0 Å². The van der Waals surface area contributed by atoms with Crippen LogP contribution in [-0.2, 0) is 19.9 Å². The van der Waals surface area contributed by atoms with Gasteiger partial charge in [-0.1, -0.05) is 0 Å². The SMILES string of the molecule is Nc1cc(S(=O)(=O)NC2CCS(=O)(=O)CC2)c(Br)cc1F. The van der Waals surface area contributed by atoms with Gasteiger partial charge in [-0.3, -0.25) is 0 Å². The molecule has 10 heteroatoms. The number of rotatable bonds is 3. The standard InChI is InChI=1S/C11H14BrFN2O4S2/c12-8-5-9(13)10(14)6-11(8)21(18,19)15-7-1-3-20(16,17)4-2-7/h5-7,15H,1-4,14H2. The van der Waals surface area contributed by atoms with Gasteiger partial charge in [0.05, 0.1) is 22.1 Å². The van der Waals surface area contributed by atoms with Crippen molar-refractivity contribution >= 4 is 41.5 Å². The summed E-state index contributed by atoms with van der Waals surface area (Å²) >= 11 is 2.99. The van der Waals surface area contributed by atoms with Crippen molar-refractivity contribution in [1.82, 2.24) is 4.72 Å². The summed E-state index contributed by atoms with van der Waals surface area (Å²) in [6, 6.07) is 1.55. The summed E-state index contributed by atoms with van der Waals surface area (Å²) in [5.41, 5.74) is 5.11. The maximum atomic E-state index is 13.3. The molecule has 21 heavy (non-hydrogen) atoms. The van der Waals surface area contributed by atoms with E-state index in [1.54, 1.807) is 0 Å². The molecule has 0 bridgehead atoms. The zero-order chi connectivity index (χ0) is 15.8. The Bertz CT molecular complexity index is 751. The van der Waals surface area contributed by atoms with E-state index in [0.29, 0.717) is 0 Å². The molecule has 1 aromatic carbocycles. The van der Waals surface area contributed by atoms with Crippen LogP contribution in [0.2, 0.25) is 0 Å². The molecular formula is C11H14BrFN2O4S2. The first-order chi connectivity index (χ1) is 9.61. The van der Waals surface area contributed by atoms with Crippen LogP contribution in [0.1, 0.15) is 12.8 Å². The van der Waals surface area contributed by atoms with Crippen molar-refractivity contribution in [1.29, 1.82) is 0 Å². The molecule has 3 N–H and O–H groups in total. The Labute approximate surface area is 131 Å². The van der Waals surface area contributed by atoms with E-state index in [0.717, 1.165) is 12.1 Å². The highest BCUT2D eigenvalue weighted by atomic mass is 79.9. The first-order valence-corrected chi connectivity index (χ1v) is 10.2. The van der Waals surface area contributed by atoms with Gasteiger partial charge in [0.2, 0.25) is 10.0 Å². The zero-order valence-electron chi connectivity index (χ0n) is 10.8. The van der Waals surface area contributed by atoms with Crippen LogP contribution < -0.4 is 10.5 Å². The summed E-state index contributed by atoms with van der Waals surface area (Å²) in [7, 11) is -6.98. The molecule has 0 amide bonds. The quantitative estimate of drug-likeness (QED) is 0.736. The summed E-state index contributed by atoms with van der Waals surface area (Å²) in [6.07, 6.45) is 0.436. The van der Waals surface area contributed by atoms with Crippen LogP contribution in [0.4, 0.5) is 10.1 Å². The number of nitrogens with two attached hydrogens (primary N) is 1. The second-order valence-electron chi connectivity index (χ2n) is 4.85. The average Bonchev–Trinajstić information content (AvgIpc) is 2.36. The van der Waals surface area contributed by atoms with Crippen molar-refractivity contribution in [2.75, 3.05) is 17.2 Å². The lowest BCUT2D eigenvalue weighted by molar-refractivity contribution is 0.505. The minimum atomic E-state index is -3.91. The summed E-state index contributed by atoms with van der Waals surface area (Å²) < 4.78 is 63.0. The van der Waals surface area contributed by atoms with Crippen molar-refractivity contribution < 1.29 is 21.2 Å². The van der Waals surface area contributed by atoms with E-state index in [4.69, 9.17) is 5.73 Å². The summed E-state index contributed by atoms with van der Waals surface area (Å²) in [5, 5.41) is 0. The Morgan fingerprint density at radius 1 is 1.29 bits per heavy atom. The molecule has 0 aromatic heterocycles. The fourth-order valence-corrected chi connectivity index (χ4v) is 5.89.